The van der Waals surface area contributed by atoms with E-state index < -0.39 is 23.8 Å². The van der Waals surface area contributed by atoms with Crippen LogP contribution < -0.4 is 10.9 Å². The molecule has 1 aromatic heterocycles. The maximum absolute atomic E-state index is 13.6. The zero-order valence-corrected chi connectivity index (χ0v) is 20.0. The van der Waals surface area contributed by atoms with Crippen LogP contribution >= 0.6 is 0 Å². The van der Waals surface area contributed by atoms with Gasteiger partial charge in [0.05, 0.1) is 28.2 Å². The van der Waals surface area contributed by atoms with Crippen molar-refractivity contribution in [1.29, 1.82) is 0 Å². The van der Waals surface area contributed by atoms with E-state index in [4.69, 9.17) is 4.98 Å². The monoisotopic (exact) mass is 494 g/mol. The molecule has 6 nitrogen and oxygen atoms in total. The van der Waals surface area contributed by atoms with Gasteiger partial charge in [0.25, 0.3) is 5.56 Å². The Kier molecular flexibility index (Phi) is 6.83. The molecule has 0 spiro atoms. The van der Waals surface area contributed by atoms with Crippen LogP contribution in [0.4, 0.5) is 23.7 Å². The van der Waals surface area contributed by atoms with Crippen LogP contribution in [0.1, 0.15) is 36.3 Å². The van der Waals surface area contributed by atoms with Crippen LogP contribution in [0.25, 0.3) is 16.6 Å². The van der Waals surface area contributed by atoms with Crippen molar-refractivity contribution in [2.75, 3.05) is 12.4 Å². The number of carbonyl (C=O) groups excluding carboxylic acids is 1. The highest BCUT2D eigenvalue weighted by Gasteiger charge is 2.31. The van der Waals surface area contributed by atoms with Gasteiger partial charge in [-0.05, 0) is 61.4 Å². The molecule has 0 fully saturated rings. The highest BCUT2D eigenvalue weighted by molar-refractivity contribution is 5.89. The van der Waals surface area contributed by atoms with Crippen LogP contribution in [0, 0.1) is 6.92 Å². The van der Waals surface area contributed by atoms with Crippen molar-refractivity contribution >= 4 is 22.6 Å². The SMILES string of the molecule is CCC(c1nc2ccccc2c(=O)n1-c1cccc(C)c1)N(C)C(=O)Nc1cccc(C(F)(F)F)c1. The average molecular weight is 495 g/mol. The van der Waals surface area contributed by atoms with Gasteiger partial charge in [0, 0.05) is 12.7 Å². The minimum atomic E-state index is -4.53. The largest absolute Gasteiger partial charge is 0.416 e. The minimum absolute atomic E-state index is 0.0130. The Morgan fingerprint density at radius 2 is 1.78 bits per heavy atom. The molecule has 186 valence electrons. The number of para-hydroxylation sites is 1. The van der Waals surface area contributed by atoms with E-state index in [1.807, 2.05) is 32.0 Å². The highest BCUT2D eigenvalue weighted by atomic mass is 19.4. The Morgan fingerprint density at radius 1 is 1.06 bits per heavy atom. The average Bonchev–Trinajstić information content (AvgIpc) is 2.84. The van der Waals surface area contributed by atoms with Crippen molar-refractivity contribution in [3.63, 3.8) is 0 Å². The Balaban J connectivity index is 1.77. The van der Waals surface area contributed by atoms with Gasteiger partial charge in [-0.1, -0.05) is 37.3 Å². The number of aryl methyl sites for hydroxylation is 1. The highest BCUT2D eigenvalue weighted by Crippen LogP contribution is 2.31. The first-order chi connectivity index (χ1) is 17.1. The lowest BCUT2D eigenvalue weighted by Crippen LogP contribution is -2.38. The second-order valence-corrected chi connectivity index (χ2v) is 8.51. The summed E-state index contributed by atoms with van der Waals surface area (Å²) >= 11 is 0. The number of alkyl halides is 3. The molecule has 1 heterocycles. The number of aromatic nitrogens is 2. The van der Waals surface area contributed by atoms with Gasteiger partial charge in [-0.25, -0.2) is 9.78 Å². The number of nitrogens with one attached hydrogen (secondary N) is 1. The van der Waals surface area contributed by atoms with Crippen molar-refractivity contribution in [3.05, 3.63) is 100 Å². The normalized spacial score (nSPS) is 12.4. The summed E-state index contributed by atoms with van der Waals surface area (Å²) in [5.74, 6) is 0.355. The van der Waals surface area contributed by atoms with E-state index in [1.165, 1.54) is 28.6 Å². The summed E-state index contributed by atoms with van der Waals surface area (Å²) in [6.07, 6.45) is -4.12. The van der Waals surface area contributed by atoms with E-state index in [0.29, 0.717) is 28.8 Å². The van der Waals surface area contributed by atoms with Gasteiger partial charge in [-0.3, -0.25) is 9.36 Å². The molecular weight excluding hydrogens is 469 g/mol. The van der Waals surface area contributed by atoms with Crippen LogP contribution in [0.5, 0.6) is 0 Å². The molecule has 0 bridgehead atoms. The molecule has 0 radical (unpaired) electrons. The molecule has 0 aliphatic heterocycles. The van der Waals surface area contributed by atoms with Crippen molar-refractivity contribution in [2.45, 2.75) is 32.5 Å². The van der Waals surface area contributed by atoms with Gasteiger partial charge in [-0.15, -0.1) is 0 Å². The van der Waals surface area contributed by atoms with Crippen LogP contribution in [0.3, 0.4) is 0 Å². The lowest BCUT2D eigenvalue weighted by atomic mass is 10.1. The van der Waals surface area contributed by atoms with E-state index in [9.17, 15) is 22.8 Å². The summed E-state index contributed by atoms with van der Waals surface area (Å²) in [5, 5.41) is 2.97. The third-order valence-corrected chi connectivity index (χ3v) is 5.98. The van der Waals surface area contributed by atoms with Crippen LogP contribution in [0.15, 0.2) is 77.6 Å². The number of halogens is 3. The van der Waals surface area contributed by atoms with Crippen LogP contribution in [-0.4, -0.2) is 27.5 Å². The molecule has 1 N–H and O–H groups in total. The maximum Gasteiger partial charge on any atom is 0.416 e. The Labute approximate surface area is 206 Å². The second kappa shape index (κ2) is 9.85. The first-order valence-corrected chi connectivity index (χ1v) is 11.4. The van der Waals surface area contributed by atoms with Gasteiger partial charge >= 0.3 is 12.2 Å². The molecule has 1 unspecified atom stereocenters. The van der Waals surface area contributed by atoms with Gasteiger partial charge in [-0.2, -0.15) is 13.2 Å². The van der Waals surface area contributed by atoms with E-state index >= 15 is 0 Å². The minimum Gasteiger partial charge on any atom is -0.317 e. The number of hydrogen-bond acceptors (Lipinski definition) is 3. The third-order valence-electron chi connectivity index (χ3n) is 5.98. The number of fused-ring (bicyclic) bond motifs is 1. The smallest absolute Gasteiger partial charge is 0.317 e. The van der Waals surface area contributed by atoms with Crippen molar-refractivity contribution in [2.24, 2.45) is 0 Å². The maximum atomic E-state index is 13.6. The molecule has 0 aliphatic rings. The molecule has 0 saturated heterocycles. The Hall–Kier alpha value is -4.14. The predicted molar refractivity (Wildman–Crippen MR) is 133 cm³/mol. The molecule has 4 aromatic rings. The van der Waals surface area contributed by atoms with Crippen molar-refractivity contribution in [3.8, 4) is 5.69 Å². The zero-order valence-electron chi connectivity index (χ0n) is 20.0. The fourth-order valence-electron chi connectivity index (χ4n) is 4.15. The molecule has 9 heteroatoms. The quantitative estimate of drug-likeness (QED) is 0.353. The Morgan fingerprint density at radius 3 is 2.47 bits per heavy atom. The summed E-state index contributed by atoms with van der Waals surface area (Å²) in [4.78, 5) is 32.8. The van der Waals surface area contributed by atoms with Gasteiger partial charge in [0.1, 0.15) is 5.82 Å². The Bertz CT molecular complexity index is 1480. The molecule has 4 rings (SSSR count). The van der Waals surface area contributed by atoms with Crippen LogP contribution in [-0.2, 0) is 6.18 Å². The van der Waals surface area contributed by atoms with E-state index in [2.05, 4.69) is 5.32 Å². The first kappa shape index (κ1) is 25.0. The third kappa shape index (κ3) is 4.95. The fraction of sp³-hybridized carbons (Fsp3) is 0.222. The number of rotatable bonds is 5. The summed E-state index contributed by atoms with van der Waals surface area (Å²) in [5.41, 5.74) is 0.928. The van der Waals surface area contributed by atoms with E-state index in [0.717, 1.165) is 17.7 Å². The molecule has 3 aromatic carbocycles. The van der Waals surface area contributed by atoms with Crippen LogP contribution in [0.2, 0.25) is 0 Å². The van der Waals surface area contributed by atoms with E-state index in [-0.39, 0.29) is 11.2 Å². The zero-order chi connectivity index (χ0) is 26.0. The topological polar surface area (TPSA) is 67.2 Å². The summed E-state index contributed by atoms with van der Waals surface area (Å²) in [6, 6.07) is 17.5. The van der Waals surface area contributed by atoms with Gasteiger partial charge in [0.2, 0.25) is 0 Å². The predicted octanol–water partition coefficient (Wildman–Crippen LogP) is 6.33. The molecule has 0 saturated carbocycles. The number of carbonyl (C=O) groups is 1. The number of hydrogen-bond donors (Lipinski definition) is 1. The summed E-state index contributed by atoms with van der Waals surface area (Å²) in [6.45, 7) is 3.76. The number of anilines is 1. The second-order valence-electron chi connectivity index (χ2n) is 8.51. The van der Waals surface area contributed by atoms with E-state index in [1.54, 1.807) is 30.3 Å². The summed E-state index contributed by atoms with van der Waals surface area (Å²) < 4.78 is 40.8. The van der Waals surface area contributed by atoms with Crippen molar-refractivity contribution in [1.82, 2.24) is 14.5 Å². The standard InChI is InChI=1S/C27H25F3N4O2/c1-4-23(33(3)26(36)31-19-11-8-10-18(16-19)27(28,29)30)24-32-22-14-6-5-13-21(22)25(35)34(24)20-12-7-9-17(2)15-20/h5-16,23H,4H2,1-3H3,(H,31,36). The molecule has 36 heavy (non-hydrogen) atoms. The number of urea groups is 1. The number of benzene rings is 3. The summed E-state index contributed by atoms with van der Waals surface area (Å²) in [7, 11) is 1.53. The molecule has 1 atom stereocenters. The van der Waals surface area contributed by atoms with Gasteiger partial charge in [0.15, 0.2) is 0 Å². The molecule has 2 amide bonds. The number of nitrogens with zero attached hydrogens (tertiary/aromatic N) is 3. The van der Waals surface area contributed by atoms with Gasteiger partial charge < -0.3 is 10.2 Å². The fourth-order valence-corrected chi connectivity index (χ4v) is 4.15. The lowest BCUT2D eigenvalue weighted by Gasteiger charge is -2.29. The first-order valence-electron chi connectivity index (χ1n) is 11.4. The number of amides is 2. The molecular formula is C27H25F3N4O2. The lowest BCUT2D eigenvalue weighted by molar-refractivity contribution is -0.137. The van der Waals surface area contributed by atoms with Crippen molar-refractivity contribution < 1.29 is 18.0 Å². The molecule has 0 aliphatic carbocycles.